The molecule has 0 aromatic rings. The van der Waals surface area contributed by atoms with Crippen molar-refractivity contribution in [3.8, 4) is 0 Å². The lowest BCUT2D eigenvalue weighted by Crippen LogP contribution is -2.20. The smallest absolute Gasteiger partial charge is 0.120 e. The lowest BCUT2D eigenvalue weighted by atomic mass is 9.71. The van der Waals surface area contributed by atoms with Crippen molar-refractivity contribution in [3.63, 3.8) is 0 Å². The van der Waals surface area contributed by atoms with Gasteiger partial charge in [0.1, 0.15) is 6.29 Å². The summed E-state index contributed by atoms with van der Waals surface area (Å²) in [6, 6.07) is 0. The van der Waals surface area contributed by atoms with Crippen molar-refractivity contribution < 1.29 is 4.79 Å². The number of rotatable bonds is 5. The summed E-state index contributed by atoms with van der Waals surface area (Å²) in [6.07, 6.45) is 9.86. The van der Waals surface area contributed by atoms with Crippen LogP contribution < -0.4 is 0 Å². The van der Waals surface area contributed by atoms with E-state index < -0.39 is 0 Å². The number of carbonyl (C=O) groups is 1. The summed E-state index contributed by atoms with van der Waals surface area (Å²) in [7, 11) is 0. The molecule has 17 heavy (non-hydrogen) atoms. The molecule has 1 aliphatic rings. The van der Waals surface area contributed by atoms with Crippen LogP contribution in [0.3, 0.4) is 0 Å². The predicted octanol–water partition coefficient (Wildman–Crippen LogP) is 4.83. The first-order chi connectivity index (χ1) is 7.97. The predicted molar refractivity (Wildman–Crippen MR) is 74.0 cm³/mol. The zero-order valence-corrected chi connectivity index (χ0v) is 11.8. The zero-order valence-electron chi connectivity index (χ0n) is 11.8. The summed E-state index contributed by atoms with van der Waals surface area (Å²) in [5.74, 6) is 0. The van der Waals surface area contributed by atoms with Crippen molar-refractivity contribution in [2.75, 3.05) is 0 Å². The van der Waals surface area contributed by atoms with Crippen molar-refractivity contribution >= 4 is 6.29 Å². The van der Waals surface area contributed by atoms with Gasteiger partial charge in [0.2, 0.25) is 0 Å². The van der Waals surface area contributed by atoms with Gasteiger partial charge in [0.15, 0.2) is 0 Å². The van der Waals surface area contributed by atoms with Crippen molar-refractivity contribution in [1.29, 1.82) is 0 Å². The molecule has 0 unspecified atom stereocenters. The molecule has 1 aliphatic carbocycles. The highest BCUT2D eigenvalue weighted by molar-refractivity contribution is 5.49. The fourth-order valence-corrected chi connectivity index (χ4v) is 2.79. The highest BCUT2D eigenvalue weighted by Crippen LogP contribution is 2.42. The van der Waals surface area contributed by atoms with Gasteiger partial charge >= 0.3 is 0 Å². The Morgan fingerprint density at radius 2 is 2.12 bits per heavy atom. The highest BCUT2D eigenvalue weighted by atomic mass is 16.1. The molecule has 0 N–H and O–H groups in total. The largest absolute Gasteiger partial charge is 0.303 e. The van der Waals surface area contributed by atoms with Crippen LogP contribution in [0.15, 0.2) is 22.8 Å². The van der Waals surface area contributed by atoms with Crippen molar-refractivity contribution in [1.82, 2.24) is 0 Å². The Kier molecular flexibility index (Phi) is 5.17. The van der Waals surface area contributed by atoms with E-state index in [-0.39, 0.29) is 0 Å². The minimum Gasteiger partial charge on any atom is -0.303 e. The Morgan fingerprint density at radius 1 is 1.41 bits per heavy atom. The first-order valence-corrected chi connectivity index (χ1v) is 6.76. The van der Waals surface area contributed by atoms with Crippen LogP contribution in [0, 0.1) is 5.41 Å². The van der Waals surface area contributed by atoms with E-state index in [1.165, 1.54) is 24.8 Å². The molecule has 0 aliphatic heterocycles. The van der Waals surface area contributed by atoms with Gasteiger partial charge in [0.05, 0.1) is 0 Å². The van der Waals surface area contributed by atoms with Gasteiger partial charge in [-0.15, -0.1) is 0 Å². The second kappa shape index (κ2) is 6.18. The third kappa shape index (κ3) is 4.14. The fraction of sp³-hybridized carbons (Fsp3) is 0.688. The topological polar surface area (TPSA) is 17.1 Å². The Bertz CT molecular complexity index is 331. The summed E-state index contributed by atoms with van der Waals surface area (Å²) >= 11 is 0. The lowest BCUT2D eigenvalue weighted by Gasteiger charge is -2.34. The molecule has 0 fully saturated rings. The van der Waals surface area contributed by atoms with E-state index in [1.54, 1.807) is 11.1 Å². The Labute approximate surface area is 106 Å². The maximum absolute atomic E-state index is 10.3. The molecule has 0 aromatic carbocycles. The minimum atomic E-state index is 0.365. The molecule has 0 saturated heterocycles. The van der Waals surface area contributed by atoms with E-state index >= 15 is 0 Å². The maximum atomic E-state index is 10.3. The first-order valence-electron chi connectivity index (χ1n) is 6.76. The van der Waals surface area contributed by atoms with Gasteiger partial charge < -0.3 is 4.79 Å². The van der Waals surface area contributed by atoms with Gasteiger partial charge in [-0.05, 0) is 51.4 Å². The van der Waals surface area contributed by atoms with Gasteiger partial charge in [-0.2, -0.15) is 0 Å². The molecule has 1 nitrogen and oxygen atoms in total. The van der Waals surface area contributed by atoms with Gasteiger partial charge in [-0.25, -0.2) is 0 Å². The molecule has 1 heteroatoms. The Hall–Kier alpha value is -0.850. The summed E-state index contributed by atoms with van der Waals surface area (Å²) in [6.45, 7) is 9.14. The zero-order chi connectivity index (χ0) is 12.9. The molecule has 0 atom stereocenters. The molecule has 96 valence electrons. The van der Waals surface area contributed by atoms with Gasteiger partial charge in [-0.1, -0.05) is 36.6 Å². The number of hydrogen-bond acceptors (Lipinski definition) is 1. The fourth-order valence-electron chi connectivity index (χ4n) is 2.79. The molecule has 0 amide bonds. The first kappa shape index (κ1) is 14.2. The van der Waals surface area contributed by atoms with E-state index in [1.807, 2.05) is 0 Å². The molecule has 0 spiro atoms. The van der Waals surface area contributed by atoms with Crippen LogP contribution in [0.5, 0.6) is 0 Å². The summed E-state index contributed by atoms with van der Waals surface area (Å²) < 4.78 is 0. The Balaban J connectivity index is 2.69. The average Bonchev–Trinajstić information content (AvgIpc) is 2.24. The maximum Gasteiger partial charge on any atom is 0.120 e. The van der Waals surface area contributed by atoms with E-state index in [0.29, 0.717) is 11.8 Å². The Morgan fingerprint density at radius 3 is 2.71 bits per heavy atom. The van der Waals surface area contributed by atoms with Crippen LogP contribution in [0.4, 0.5) is 0 Å². The van der Waals surface area contributed by atoms with Crippen LogP contribution in [-0.4, -0.2) is 6.29 Å². The number of carbonyl (C=O) groups excluding carboxylic acids is 1. The average molecular weight is 234 g/mol. The van der Waals surface area contributed by atoms with Crippen molar-refractivity contribution in [2.45, 2.75) is 66.2 Å². The molecular formula is C16H26O. The quantitative estimate of drug-likeness (QED) is 0.492. The second-order valence-electron chi connectivity index (χ2n) is 5.96. The van der Waals surface area contributed by atoms with Crippen LogP contribution >= 0.6 is 0 Å². The number of aldehydes is 1. The number of hydrogen-bond donors (Lipinski definition) is 0. The van der Waals surface area contributed by atoms with Crippen molar-refractivity contribution in [3.05, 3.63) is 22.8 Å². The van der Waals surface area contributed by atoms with Crippen LogP contribution in [-0.2, 0) is 4.79 Å². The van der Waals surface area contributed by atoms with E-state index in [2.05, 4.69) is 33.8 Å². The molecule has 0 heterocycles. The highest BCUT2D eigenvalue weighted by Gasteiger charge is 2.27. The number of allylic oxidation sites excluding steroid dienone is 4. The lowest BCUT2D eigenvalue weighted by molar-refractivity contribution is -0.107. The summed E-state index contributed by atoms with van der Waals surface area (Å²) in [4.78, 5) is 10.3. The van der Waals surface area contributed by atoms with Crippen molar-refractivity contribution in [2.24, 2.45) is 5.41 Å². The minimum absolute atomic E-state index is 0.365. The molecule has 0 saturated carbocycles. The van der Waals surface area contributed by atoms with Crippen LogP contribution in [0.1, 0.15) is 66.2 Å². The standard InChI is InChI=1S/C16H26O/c1-13(7-6-12-17)9-10-15-14(2)8-5-11-16(15,3)4/h9,12H,5-8,10-11H2,1-4H3. The van der Waals surface area contributed by atoms with E-state index in [4.69, 9.17) is 0 Å². The monoisotopic (exact) mass is 234 g/mol. The molecule has 0 aromatic heterocycles. The van der Waals surface area contributed by atoms with E-state index in [9.17, 15) is 4.79 Å². The van der Waals surface area contributed by atoms with E-state index in [0.717, 1.165) is 19.1 Å². The third-order valence-corrected chi connectivity index (χ3v) is 4.00. The molecular weight excluding hydrogens is 208 g/mol. The molecule has 0 radical (unpaired) electrons. The third-order valence-electron chi connectivity index (χ3n) is 4.00. The SMILES string of the molecule is CC(=CCC1=C(C)CCCC1(C)C)CCC=O. The van der Waals surface area contributed by atoms with Gasteiger partial charge in [0.25, 0.3) is 0 Å². The molecule has 0 bridgehead atoms. The summed E-state index contributed by atoms with van der Waals surface area (Å²) in [5.41, 5.74) is 4.91. The van der Waals surface area contributed by atoms with Gasteiger partial charge in [0, 0.05) is 6.42 Å². The van der Waals surface area contributed by atoms with Crippen LogP contribution in [0.25, 0.3) is 0 Å². The molecule has 1 rings (SSSR count). The van der Waals surface area contributed by atoms with Gasteiger partial charge in [-0.3, -0.25) is 0 Å². The normalized spacial score (nSPS) is 20.6. The van der Waals surface area contributed by atoms with Crippen LogP contribution in [0.2, 0.25) is 0 Å². The second-order valence-corrected chi connectivity index (χ2v) is 5.96. The summed E-state index contributed by atoms with van der Waals surface area (Å²) in [5, 5.41) is 0.